The molecule has 0 amide bonds. The van der Waals surface area contributed by atoms with Gasteiger partial charge in [-0.15, -0.1) is 0 Å². The van der Waals surface area contributed by atoms with E-state index in [-0.39, 0.29) is 6.04 Å². The second kappa shape index (κ2) is 7.87. The van der Waals surface area contributed by atoms with Crippen molar-refractivity contribution in [1.29, 1.82) is 0 Å². The van der Waals surface area contributed by atoms with Crippen LogP contribution in [0.3, 0.4) is 0 Å². The zero-order valence-electron chi connectivity index (χ0n) is 12.3. The highest BCUT2D eigenvalue weighted by molar-refractivity contribution is 6.30. The molecule has 1 fully saturated rings. The van der Waals surface area contributed by atoms with Crippen molar-refractivity contribution in [1.82, 2.24) is 5.32 Å². The molecule has 1 aliphatic heterocycles. The molecule has 2 atom stereocenters. The Labute approximate surface area is 126 Å². The van der Waals surface area contributed by atoms with Crippen LogP contribution in [0.5, 0.6) is 5.75 Å². The summed E-state index contributed by atoms with van der Waals surface area (Å²) in [4.78, 5) is 0. The van der Waals surface area contributed by atoms with Crippen LogP contribution in [-0.2, 0) is 4.74 Å². The molecule has 112 valence electrons. The summed E-state index contributed by atoms with van der Waals surface area (Å²) in [5.41, 5.74) is 1.12. The van der Waals surface area contributed by atoms with Gasteiger partial charge >= 0.3 is 0 Å². The van der Waals surface area contributed by atoms with Crippen LogP contribution in [0.15, 0.2) is 18.2 Å². The van der Waals surface area contributed by atoms with Crippen LogP contribution < -0.4 is 10.1 Å². The zero-order chi connectivity index (χ0) is 14.4. The lowest BCUT2D eigenvalue weighted by Crippen LogP contribution is -2.29. The molecule has 0 aliphatic carbocycles. The van der Waals surface area contributed by atoms with Gasteiger partial charge in [-0.1, -0.05) is 18.5 Å². The average molecular weight is 298 g/mol. The fourth-order valence-electron chi connectivity index (χ4n) is 2.80. The summed E-state index contributed by atoms with van der Waals surface area (Å²) in [6.45, 7) is 3.91. The maximum Gasteiger partial charge on any atom is 0.123 e. The normalized spacial score (nSPS) is 20.6. The maximum atomic E-state index is 6.15. The Kier molecular flexibility index (Phi) is 6.14. The number of nitrogens with one attached hydrogen (secondary N) is 1. The number of hydrogen-bond acceptors (Lipinski definition) is 3. The third kappa shape index (κ3) is 4.11. The van der Waals surface area contributed by atoms with Crippen molar-refractivity contribution in [3.63, 3.8) is 0 Å². The van der Waals surface area contributed by atoms with Crippen molar-refractivity contribution in [3.05, 3.63) is 28.8 Å². The van der Waals surface area contributed by atoms with Gasteiger partial charge in [-0.05, 0) is 50.4 Å². The molecule has 0 radical (unpaired) electrons. The van der Waals surface area contributed by atoms with E-state index in [9.17, 15) is 0 Å². The molecule has 2 rings (SSSR count). The quantitative estimate of drug-likeness (QED) is 0.862. The number of ether oxygens (including phenoxy) is 2. The van der Waals surface area contributed by atoms with E-state index in [1.165, 1.54) is 12.8 Å². The summed E-state index contributed by atoms with van der Waals surface area (Å²) in [7, 11) is 1.70. The van der Waals surface area contributed by atoms with Gasteiger partial charge in [0.25, 0.3) is 0 Å². The highest BCUT2D eigenvalue weighted by Gasteiger charge is 2.22. The van der Waals surface area contributed by atoms with Crippen LogP contribution in [-0.4, -0.2) is 26.4 Å². The Morgan fingerprint density at radius 2 is 2.30 bits per heavy atom. The minimum atomic E-state index is 0.219. The van der Waals surface area contributed by atoms with Crippen LogP contribution in [0.1, 0.15) is 44.2 Å². The lowest BCUT2D eigenvalue weighted by molar-refractivity contribution is 0.00502. The molecule has 1 aromatic rings. The molecule has 1 saturated heterocycles. The smallest absolute Gasteiger partial charge is 0.123 e. The number of methoxy groups -OCH3 is 1. The third-order valence-electron chi connectivity index (χ3n) is 3.79. The Bertz CT molecular complexity index is 419. The SMILES string of the molecule is CCNC(CC1CCCCO1)c1cc(Cl)ccc1OC. The molecule has 0 saturated carbocycles. The van der Waals surface area contributed by atoms with Crippen molar-refractivity contribution < 1.29 is 9.47 Å². The first-order valence-corrected chi connectivity index (χ1v) is 7.80. The molecule has 1 aromatic carbocycles. The summed E-state index contributed by atoms with van der Waals surface area (Å²) in [6, 6.07) is 6.02. The number of halogens is 1. The van der Waals surface area contributed by atoms with Gasteiger partial charge in [0.2, 0.25) is 0 Å². The standard InChI is InChI=1S/C16H24ClNO2/c1-3-18-15(11-13-6-4-5-9-20-13)14-10-12(17)7-8-16(14)19-2/h7-8,10,13,15,18H,3-6,9,11H2,1-2H3. The molecule has 0 aromatic heterocycles. The van der Waals surface area contributed by atoms with Gasteiger partial charge in [0.1, 0.15) is 5.75 Å². The predicted octanol–water partition coefficient (Wildman–Crippen LogP) is 3.96. The lowest BCUT2D eigenvalue weighted by Gasteiger charge is -2.28. The second-order valence-electron chi connectivity index (χ2n) is 5.22. The van der Waals surface area contributed by atoms with Crippen molar-refractivity contribution in [2.24, 2.45) is 0 Å². The van der Waals surface area contributed by atoms with Gasteiger partial charge in [0.15, 0.2) is 0 Å². The van der Waals surface area contributed by atoms with E-state index in [1.807, 2.05) is 18.2 Å². The first-order valence-electron chi connectivity index (χ1n) is 7.43. The van der Waals surface area contributed by atoms with Gasteiger partial charge in [-0.3, -0.25) is 0 Å². The van der Waals surface area contributed by atoms with Gasteiger partial charge < -0.3 is 14.8 Å². The van der Waals surface area contributed by atoms with Crippen LogP contribution in [0.2, 0.25) is 5.02 Å². The highest BCUT2D eigenvalue weighted by atomic mass is 35.5. The first kappa shape index (κ1) is 15.6. The molecule has 0 bridgehead atoms. The van der Waals surface area contributed by atoms with E-state index < -0.39 is 0 Å². The van der Waals surface area contributed by atoms with E-state index in [2.05, 4.69) is 12.2 Å². The third-order valence-corrected chi connectivity index (χ3v) is 4.03. The Balaban J connectivity index is 2.16. The number of hydrogen-bond donors (Lipinski definition) is 1. The van der Waals surface area contributed by atoms with Gasteiger partial charge in [0, 0.05) is 23.2 Å². The van der Waals surface area contributed by atoms with E-state index in [0.717, 1.165) is 42.3 Å². The van der Waals surface area contributed by atoms with E-state index in [4.69, 9.17) is 21.1 Å². The summed E-state index contributed by atoms with van der Waals surface area (Å²) in [6.07, 6.45) is 4.88. The van der Waals surface area contributed by atoms with Crippen LogP contribution in [0, 0.1) is 0 Å². The Morgan fingerprint density at radius 3 is 2.95 bits per heavy atom. The van der Waals surface area contributed by atoms with Gasteiger partial charge in [-0.25, -0.2) is 0 Å². The average Bonchev–Trinajstić information content (AvgIpc) is 2.48. The zero-order valence-corrected chi connectivity index (χ0v) is 13.1. The topological polar surface area (TPSA) is 30.5 Å². The number of rotatable bonds is 6. The Morgan fingerprint density at radius 1 is 1.45 bits per heavy atom. The van der Waals surface area contributed by atoms with Crippen molar-refractivity contribution in [2.45, 2.75) is 44.8 Å². The fourth-order valence-corrected chi connectivity index (χ4v) is 2.98. The minimum absolute atomic E-state index is 0.219. The molecule has 3 nitrogen and oxygen atoms in total. The molecule has 4 heteroatoms. The Hall–Kier alpha value is -0.770. The van der Waals surface area contributed by atoms with Crippen LogP contribution in [0.25, 0.3) is 0 Å². The molecule has 0 spiro atoms. The van der Waals surface area contributed by atoms with Crippen molar-refractivity contribution in [2.75, 3.05) is 20.3 Å². The molecule has 1 heterocycles. The van der Waals surface area contributed by atoms with Crippen LogP contribution >= 0.6 is 11.6 Å². The molecular formula is C16H24ClNO2. The molecular weight excluding hydrogens is 274 g/mol. The molecule has 2 unspecified atom stereocenters. The number of benzene rings is 1. The predicted molar refractivity (Wildman–Crippen MR) is 82.6 cm³/mol. The van der Waals surface area contributed by atoms with Gasteiger partial charge in [-0.2, -0.15) is 0 Å². The highest BCUT2D eigenvalue weighted by Crippen LogP contribution is 2.32. The van der Waals surface area contributed by atoms with E-state index in [1.54, 1.807) is 7.11 Å². The maximum absolute atomic E-state index is 6.15. The molecule has 1 aliphatic rings. The summed E-state index contributed by atoms with van der Waals surface area (Å²) >= 11 is 6.15. The van der Waals surface area contributed by atoms with Gasteiger partial charge in [0.05, 0.1) is 13.2 Å². The largest absolute Gasteiger partial charge is 0.496 e. The van der Waals surface area contributed by atoms with E-state index in [0.29, 0.717) is 6.10 Å². The summed E-state index contributed by atoms with van der Waals surface area (Å²) in [5.74, 6) is 0.885. The summed E-state index contributed by atoms with van der Waals surface area (Å²) < 4.78 is 11.3. The monoisotopic (exact) mass is 297 g/mol. The fraction of sp³-hybridized carbons (Fsp3) is 0.625. The second-order valence-corrected chi connectivity index (χ2v) is 5.66. The summed E-state index contributed by atoms with van der Waals surface area (Å²) in [5, 5.41) is 4.27. The first-order chi connectivity index (χ1) is 9.74. The van der Waals surface area contributed by atoms with Crippen molar-refractivity contribution >= 4 is 11.6 Å². The molecule has 20 heavy (non-hydrogen) atoms. The van der Waals surface area contributed by atoms with Crippen LogP contribution in [0.4, 0.5) is 0 Å². The van der Waals surface area contributed by atoms with E-state index >= 15 is 0 Å². The minimum Gasteiger partial charge on any atom is -0.496 e. The van der Waals surface area contributed by atoms with Crippen molar-refractivity contribution in [3.8, 4) is 5.75 Å². The molecule has 1 N–H and O–H groups in total. The lowest BCUT2D eigenvalue weighted by atomic mass is 9.96.